The molecule has 1 aromatic heterocycles. The van der Waals surface area contributed by atoms with E-state index in [1.54, 1.807) is 23.2 Å². The third-order valence-electron chi connectivity index (χ3n) is 5.35. The number of nitrogens with zero attached hydrogens (tertiary/aromatic N) is 3. The summed E-state index contributed by atoms with van der Waals surface area (Å²) < 4.78 is 12.1. The number of pyridine rings is 1. The normalized spacial score (nSPS) is 15.4. The Morgan fingerprint density at radius 3 is 2.52 bits per heavy atom. The molecule has 0 saturated carbocycles. The van der Waals surface area contributed by atoms with E-state index < -0.39 is 0 Å². The largest absolute Gasteiger partial charge is 0.488 e. The molecular formula is C25H27N3O3. The highest BCUT2D eigenvalue weighted by molar-refractivity contribution is 5.96. The summed E-state index contributed by atoms with van der Waals surface area (Å²) in [5.74, 6) is 1.35. The number of aromatic nitrogens is 1. The van der Waals surface area contributed by atoms with Crippen molar-refractivity contribution < 1.29 is 14.3 Å². The highest BCUT2D eigenvalue weighted by atomic mass is 16.5. The molecule has 0 bridgehead atoms. The van der Waals surface area contributed by atoms with Gasteiger partial charge in [0.1, 0.15) is 12.2 Å². The van der Waals surface area contributed by atoms with Crippen LogP contribution in [-0.4, -0.2) is 54.0 Å². The molecule has 1 aliphatic heterocycles. The maximum atomic E-state index is 13.1. The van der Waals surface area contributed by atoms with Crippen molar-refractivity contribution in [1.82, 2.24) is 14.8 Å². The van der Waals surface area contributed by atoms with Crippen LogP contribution < -0.4 is 9.47 Å². The highest BCUT2D eigenvalue weighted by Gasteiger charge is 2.21. The van der Waals surface area contributed by atoms with E-state index in [1.165, 1.54) is 11.1 Å². The van der Waals surface area contributed by atoms with Gasteiger partial charge >= 0.3 is 0 Å². The van der Waals surface area contributed by atoms with Crippen LogP contribution in [0.15, 0.2) is 66.9 Å². The van der Waals surface area contributed by atoms with Gasteiger partial charge in [-0.15, -0.1) is 0 Å². The van der Waals surface area contributed by atoms with Gasteiger partial charge in [-0.25, -0.2) is 4.98 Å². The molecule has 4 rings (SSSR count). The Morgan fingerprint density at radius 2 is 1.71 bits per heavy atom. The van der Waals surface area contributed by atoms with Crippen molar-refractivity contribution in [3.05, 3.63) is 83.6 Å². The van der Waals surface area contributed by atoms with E-state index in [0.29, 0.717) is 30.2 Å². The summed E-state index contributed by atoms with van der Waals surface area (Å²) in [7, 11) is 1.81. The molecular weight excluding hydrogens is 390 g/mol. The van der Waals surface area contributed by atoms with Crippen molar-refractivity contribution >= 4 is 5.91 Å². The van der Waals surface area contributed by atoms with E-state index in [4.69, 9.17) is 9.47 Å². The molecule has 3 aromatic rings. The van der Waals surface area contributed by atoms with Crippen LogP contribution in [-0.2, 0) is 6.54 Å². The van der Waals surface area contributed by atoms with E-state index in [0.717, 1.165) is 19.6 Å². The lowest BCUT2D eigenvalue weighted by atomic mass is 10.1. The number of aryl methyl sites for hydroxylation is 1. The van der Waals surface area contributed by atoms with Gasteiger partial charge < -0.3 is 14.4 Å². The van der Waals surface area contributed by atoms with Crippen molar-refractivity contribution in [1.29, 1.82) is 0 Å². The van der Waals surface area contributed by atoms with Crippen LogP contribution in [0.4, 0.5) is 0 Å². The standard InChI is InChI=1S/C25H27N3O3/c1-19-9-11-20(12-10-19)18-28-15-14-27(2)25(29)21-6-5-13-26-24(21)31-23-8-4-3-7-22(23)30-17-16-28/h3-13H,14-18H2,1-2H3. The number of para-hydroxylation sites is 2. The fourth-order valence-electron chi connectivity index (χ4n) is 3.50. The molecule has 0 radical (unpaired) electrons. The lowest BCUT2D eigenvalue weighted by Gasteiger charge is -2.25. The zero-order valence-electron chi connectivity index (χ0n) is 18.0. The minimum atomic E-state index is -0.115. The molecule has 0 N–H and O–H groups in total. The van der Waals surface area contributed by atoms with Crippen molar-refractivity contribution in [2.24, 2.45) is 0 Å². The molecule has 6 heteroatoms. The third kappa shape index (κ3) is 5.22. The van der Waals surface area contributed by atoms with E-state index in [-0.39, 0.29) is 11.8 Å². The molecule has 2 heterocycles. The van der Waals surface area contributed by atoms with Gasteiger partial charge in [-0.2, -0.15) is 0 Å². The second-order valence-corrected chi connectivity index (χ2v) is 7.74. The van der Waals surface area contributed by atoms with Gasteiger partial charge in [-0.05, 0) is 36.8 Å². The lowest BCUT2D eigenvalue weighted by molar-refractivity contribution is 0.0770. The Morgan fingerprint density at radius 1 is 0.935 bits per heavy atom. The van der Waals surface area contributed by atoms with Gasteiger partial charge in [0, 0.05) is 39.4 Å². The summed E-state index contributed by atoms with van der Waals surface area (Å²) in [6.07, 6.45) is 1.62. The number of fused-ring (bicyclic) bond motifs is 2. The Bertz CT molecular complexity index is 1040. The molecule has 1 aliphatic rings. The van der Waals surface area contributed by atoms with Crippen molar-refractivity contribution in [2.45, 2.75) is 13.5 Å². The first kappa shape index (κ1) is 20.9. The number of carbonyl (C=O) groups excluding carboxylic acids is 1. The molecule has 6 nitrogen and oxygen atoms in total. The molecule has 2 aromatic carbocycles. The molecule has 0 fully saturated rings. The quantitative estimate of drug-likeness (QED) is 0.627. The van der Waals surface area contributed by atoms with Crippen LogP contribution in [0.2, 0.25) is 0 Å². The zero-order chi connectivity index (χ0) is 21.6. The van der Waals surface area contributed by atoms with Gasteiger partial charge in [-0.1, -0.05) is 42.0 Å². The number of hydrogen-bond donors (Lipinski definition) is 0. The van der Waals surface area contributed by atoms with Crippen LogP contribution in [0.1, 0.15) is 21.5 Å². The van der Waals surface area contributed by atoms with E-state index >= 15 is 0 Å². The Balaban J connectivity index is 1.61. The number of benzene rings is 2. The molecule has 31 heavy (non-hydrogen) atoms. The Hall–Kier alpha value is -3.38. The maximum absolute atomic E-state index is 13.1. The van der Waals surface area contributed by atoms with Crippen molar-refractivity contribution in [3.63, 3.8) is 0 Å². The van der Waals surface area contributed by atoms with Crippen LogP contribution in [0, 0.1) is 6.92 Å². The lowest BCUT2D eigenvalue weighted by Crippen LogP contribution is -2.37. The van der Waals surface area contributed by atoms with Gasteiger partial charge in [0.05, 0.1) is 0 Å². The van der Waals surface area contributed by atoms with Gasteiger partial charge in [-0.3, -0.25) is 9.69 Å². The first-order valence-corrected chi connectivity index (χ1v) is 10.5. The summed E-state index contributed by atoms with van der Waals surface area (Å²) in [5, 5.41) is 0. The fraction of sp³-hybridized carbons (Fsp3) is 0.280. The van der Waals surface area contributed by atoms with E-state index in [9.17, 15) is 4.79 Å². The average molecular weight is 418 g/mol. The van der Waals surface area contributed by atoms with Gasteiger partial charge in [0.25, 0.3) is 5.91 Å². The summed E-state index contributed by atoms with van der Waals surface area (Å²) in [6.45, 7) is 5.45. The molecule has 0 unspecified atom stereocenters. The van der Waals surface area contributed by atoms with E-state index in [1.807, 2.05) is 31.3 Å². The fourth-order valence-corrected chi connectivity index (χ4v) is 3.50. The SMILES string of the molecule is Cc1ccc(CN2CCOc3ccccc3Oc3ncccc3C(=O)N(C)CC2)cc1. The predicted molar refractivity (Wildman–Crippen MR) is 120 cm³/mol. The predicted octanol–water partition coefficient (Wildman–Crippen LogP) is 4.15. The second kappa shape index (κ2) is 9.62. The minimum Gasteiger partial charge on any atom is -0.488 e. The number of carbonyl (C=O) groups is 1. The zero-order valence-corrected chi connectivity index (χ0v) is 18.0. The Labute approximate surface area is 183 Å². The summed E-state index contributed by atoms with van der Waals surface area (Å²) in [6, 6.07) is 19.5. The van der Waals surface area contributed by atoms with Crippen LogP contribution in [0.5, 0.6) is 17.4 Å². The smallest absolute Gasteiger partial charge is 0.259 e. The average Bonchev–Trinajstić information content (AvgIpc) is 2.79. The van der Waals surface area contributed by atoms with Crippen LogP contribution >= 0.6 is 0 Å². The number of rotatable bonds is 2. The number of likely N-dealkylation sites (N-methyl/N-ethyl adjacent to an activating group) is 1. The van der Waals surface area contributed by atoms with Crippen molar-refractivity contribution in [3.8, 4) is 17.4 Å². The van der Waals surface area contributed by atoms with Gasteiger partial charge in [0.15, 0.2) is 11.5 Å². The second-order valence-electron chi connectivity index (χ2n) is 7.74. The van der Waals surface area contributed by atoms with Crippen LogP contribution in [0.25, 0.3) is 0 Å². The molecule has 0 atom stereocenters. The van der Waals surface area contributed by atoms with E-state index in [2.05, 4.69) is 41.1 Å². The number of amides is 1. The topological polar surface area (TPSA) is 54.9 Å². The summed E-state index contributed by atoms with van der Waals surface area (Å²) in [4.78, 5) is 21.4. The van der Waals surface area contributed by atoms with Crippen LogP contribution in [0.3, 0.4) is 0 Å². The molecule has 160 valence electrons. The highest BCUT2D eigenvalue weighted by Crippen LogP contribution is 2.32. The third-order valence-corrected chi connectivity index (χ3v) is 5.35. The minimum absolute atomic E-state index is 0.115. The summed E-state index contributed by atoms with van der Waals surface area (Å²) >= 11 is 0. The number of ether oxygens (including phenoxy) is 2. The monoisotopic (exact) mass is 417 g/mol. The van der Waals surface area contributed by atoms with Crippen molar-refractivity contribution in [2.75, 3.05) is 33.3 Å². The first-order valence-electron chi connectivity index (χ1n) is 10.5. The first-order chi connectivity index (χ1) is 15.1. The Kier molecular flexibility index (Phi) is 6.48. The molecule has 0 spiro atoms. The molecule has 0 saturated heterocycles. The molecule has 0 aliphatic carbocycles. The van der Waals surface area contributed by atoms with Gasteiger partial charge in [0.2, 0.25) is 5.88 Å². The molecule has 1 amide bonds. The number of hydrogen-bond acceptors (Lipinski definition) is 5. The summed E-state index contributed by atoms with van der Waals surface area (Å²) in [5.41, 5.74) is 2.91. The maximum Gasteiger partial charge on any atom is 0.259 e.